The highest BCUT2D eigenvalue weighted by molar-refractivity contribution is 5.85. The van der Waals surface area contributed by atoms with E-state index >= 15 is 0 Å². The predicted octanol–water partition coefficient (Wildman–Crippen LogP) is 3.02. The number of aromatic carboxylic acids is 1. The molecular weight excluding hydrogens is 228 g/mol. The van der Waals surface area contributed by atoms with Gasteiger partial charge < -0.3 is 10.4 Å². The van der Waals surface area contributed by atoms with Gasteiger partial charge in [-0.05, 0) is 43.2 Å². The highest BCUT2D eigenvalue weighted by Gasteiger charge is 2.25. The summed E-state index contributed by atoms with van der Waals surface area (Å²) in [5, 5.41) is 12.3. The minimum atomic E-state index is -0.982. The van der Waals surface area contributed by atoms with E-state index in [1.165, 1.54) is 18.9 Å². The third kappa shape index (κ3) is 3.00. The van der Waals surface area contributed by atoms with E-state index in [0.29, 0.717) is 17.8 Å². The molecule has 98 valence electrons. The molecule has 18 heavy (non-hydrogen) atoms. The Balaban J connectivity index is 2.05. The Labute approximate surface area is 107 Å². The zero-order valence-corrected chi connectivity index (χ0v) is 10.9. The van der Waals surface area contributed by atoms with Gasteiger partial charge in [0.1, 0.15) is 5.82 Å². The lowest BCUT2D eigenvalue weighted by Crippen LogP contribution is -2.33. The molecule has 0 radical (unpaired) electrons. The monoisotopic (exact) mass is 248 g/mol. The topological polar surface area (TPSA) is 62.2 Å². The van der Waals surface area contributed by atoms with Gasteiger partial charge >= 0.3 is 5.97 Å². The number of nitrogens with zero attached hydrogens (tertiary/aromatic N) is 1. The lowest BCUT2D eigenvalue weighted by molar-refractivity contribution is 0.0690. The summed E-state index contributed by atoms with van der Waals surface area (Å²) in [6.07, 6.45) is 3.57. The van der Waals surface area contributed by atoms with Crippen LogP contribution in [-0.4, -0.2) is 22.1 Å². The molecule has 1 saturated carbocycles. The standard InChI is InChI=1S/C14H20N2O2/c1-9-6-7-11(10(2)8-9)15-13-5-3-4-12(16-13)14(17)18/h3-5,9-11H,6-8H2,1-2H3,(H,15,16)(H,17,18). The fourth-order valence-corrected chi connectivity index (χ4v) is 2.70. The molecule has 2 N–H and O–H groups in total. The van der Waals surface area contributed by atoms with Crippen LogP contribution in [0, 0.1) is 11.8 Å². The Morgan fingerprint density at radius 2 is 2.17 bits per heavy atom. The van der Waals surface area contributed by atoms with Crippen LogP contribution < -0.4 is 5.32 Å². The summed E-state index contributed by atoms with van der Waals surface area (Å²) in [6, 6.07) is 5.48. The number of carbonyl (C=O) groups is 1. The maximum absolute atomic E-state index is 10.9. The van der Waals surface area contributed by atoms with E-state index in [2.05, 4.69) is 24.1 Å². The largest absolute Gasteiger partial charge is 0.477 e. The molecular formula is C14H20N2O2. The first-order valence-electron chi connectivity index (χ1n) is 6.53. The molecule has 1 heterocycles. The zero-order valence-electron chi connectivity index (χ0n) is 10.9. The summed E-state index contributed by atoms with van der Waals surface area (Å²) < 4.78 is 0. The lowest BCUT2D eigenvalue weighted by Gasteiger charge is -2.33. The molecule has 1 aliphatic rings. The fourth-order valence-electron chi connectivity index (χ4n) is 2.70. The number of aromatic nitrogens is 1. The van der Waals surface area contributed by atoms with E-state index in [0.717, 1.165) is 12.3 Å². The number of anilines is 1. The van der Waals surface area contributed by atoms with Gasteiger partial charge in [0.05, 0.1) is 0 Å². The molecule has 1 aromatic rings. The zero-order chi connectivity index (χ0) is 13.1. The van der Waals surface area contributed by atoms with Crippen LogP contribution in [0.25, 0.3) is 0 Å². The van der Waals surface area contributed by atoms with E-state index in [-0.39, 0.29) is 5.69 Å². The Morgan fingerprint density at radius 1 is 1.39 bits per heavy atom. The van der Waals surface area contributed by atoms with Gasteiger partial charge in [-0.1, -0.05) is 19.9 Å². The predicted molar refractivity (Wildman–Crippen MR) is 70.8 cm³/mol. The molecule has 1 aromatic heterocycles. The fraction of sp³-hybridized carbons (Fsp3) is 0.571. The molecule has 1 fully saturated rings. The van der Waals surface area contributed by atoms with Gasteiger partial charge in [0.25, 0.3) is 0 Å². The highest BCUT2D eigenvalue weighted by atomic mass is 16.4. The normalized spacial score (nSPS) is 27.8. The number of nitrogens with one attached hydrogen (secondary N) is 1. The molecule has 0 aliphatic heterocycles. The molecule has 4 heteroatoms. The minimum absolute atomic E-state index is 0.0943. The summed E-state index contributed by atoms with van der Waals surface area (Å²) in [4.78, 5) is 15.0. The number of pyridine rings is 1. The molecule has 0 aromatic carbocycles. The second kappa shape index (κ2) is 5.38. The number of carboxylic acids is 1. The third-order valence-electron chi connectivity index (χ3n) is 3.73. The van der Waals surface area contributed by atoms with E-state index in [9.17, 15) is 4.79 Å². The van der Waals surface area contributed by atoms with Gasteiger partial charge in [0.15, 0.2) is 5.69 Å². The Kier molecular flexibility index (Phi) is 3.84. The van der Waals surface area contributed by atoms with Crippen molar-refractivity contribution in [2.24, 2.45) is 11.8 Å². The Hall–Kier alpha value is -1.58. The van der Waals surface area contributed by atoms with Crippen molar-refractivity contribution < 1.29 is 9.90 Å². The van der Waals surface area contributed by atoms with Crippen molar-refractivity contribution in [2.75, 3.05) is 5.32 Å². The number of hydrogen-bond acceptors (Lipinski definition) is 3. The summed E-state index contributed by atoms with van der Waals surface area (Å²) in [7, 11) is 0. The smallest absolute Gasteiger partial charge is 0.354 e. The van der Waals surface area contributed by atoms with Crippen molar-refractivity contribution in [1.82, 2.24) is 4.98 Å². The van der Waals surface area contributed by atoms with E-state index < -0.39 is 5.97 Å². The van der Waals surface area contributed by atoms with Crippen molar-refractivity contribution in [3.63, 3.8) is 0 Å². The first-order valence-corrected chi connectivity index (χ1v) is 6.53. The molecule has 2 rings (SSSR count). The van der Waals surface area contributed by atoms with Gasteiger partial charge in [-0.2, -0.15) is 0 Å². The van der Waals surface area contributed by atoms with Crippen LogP contribution in [0.4, 0.5) is 5.82 Å². The van der Waals surface area contributed by atoms with Crippen LogP contribution in [0.2, 0.25) is 0 Å². The third-order valence-corrected chi connectivity index (χ3v) is 3.73. The average molecular weight is 248 g/mol. The van der Waals surface area contributed by atoms with Crippen molar-refractivity contribution in [2.45, 2.75) is 39.2 Å². The Bertz CT molecular complexity index is 434. The first kappa shape index (κ1) is 12.9. The van der Waals surface area contributed by atoms with Gasteiger partial charge in [-0.15, -0.1) is 0 Å². The van der Waals surface area contributed by atoms with Crippen molar-refractivity contribution in [1.29, 1.82) is 0 Å². The minimum Gasteiger partial charge on any atom is -0.477 e. The maximum atomic E-state index is 10.9. The second-order valence-corrected chi connectivity index (χ2v) is 5.36. The van der Waals surface area contributed by atoms with Crippen molar-refractivity contribution in [3.8, 4) is 0 Å². The summed E-state index contributed by atoms with van der Waals surface area (Å²) in [5.74, 6) is 1.07. The number of rotatable bonds is 3. The van der Waals surface area contributed by atoms with Crippen LogP contribution in [-0.2, 0) is 0 Å². The van der Waals surface area contributed by atoms with Gasteiger partial charge in [0, 0.05) is 6.04 Å². The molecule has 4 nitrogen and oxygen atoms in total. The Morgan fingerprint density at radius 3 is 2.83 bits per heavy atom. The first-order chi connectivity index (χ1) is 8.56. The van der Waals surface area contributed by atoms with Crippen LogP contribution in [0.1, 0.15) is 43.6 Å². The summed E-state index contributed by atoms with van der Waals surface area (Å²) in [6.45, 7) is 4.53. The van der Waals surface area contributed by atoms with Crippen LogP contribution >= 0.6 is 0 Å². The second-order valence-electron chi connectivity index (χ2n) is 5.36. The SMILES string of the molecule is CC1CCC(Nc2cccc(C(=O)O)n2)C(C)C1. The molecule has 0 spiro atoms. The lowest BCUT2D eigenvalue weighted by atomic mass is 9.80. The summed E-state index contributed by atoms with van der Waals surface area (Å²) in [5.41, 5.74) is 0.0943. The average Bonchev–Trinajstić information content (AvgIpc) is 2.33. The van der Waals surface area contributed by atoms with Crippen molar-refractivity contribution >= 4 is 11.8 Å². The molecule has 0 amide bonds. The molecule has 3 unspecified atom stereocenters. The van der Waals surface area contributed by atoms with Crippen LogP contribution in [0.5, 0.6) is 0 Å². The molecule has 0 bridgehead atoms. The van der Waals surface area contributed by atoms with Crippen LogP contribution in [0.15, 0.2) is 18.2 Å². The number of hydrogen-bond donors (Lipinski definition) is 2. The maximum Gasteiger partial charge on any atom is 0.354 e. The molecule has 1 aliphatic carbocycles. The van der Waals surface area contributed by atoms with E-state index in [1.807, 2.05) is 6.07 Å². The molecule has 0 saturated heterocycles. The van der Waals surface area contributed by atoms with E-state index in [1.54, 1.807) is 6.07 Å². The summed E-state index contributed by atoms with van der Waals surface area (Å²) >= 11 is 0. The highest BCUT2D eigenvalue weighted by Crippen LogP contribution is 2.30. The van der Waals surface area contributed by atoms with Gasteiger partial charge in [-0.25, -0.2) is 9.78 Å². The van der Waals surface area contributed by atoms with Gasteiger partial charge in [-0.3, -0.25) is 0 Å². The van der Waals surface area contributed by atoms with Gasteiger partial charge in [0.2, 0.25) is 0 Å². The van der Waals surface area contributed by atoms with E-state index in [4.69, 9.17) is 5.11 Å². The molecule has 3 atom stereocenters. The van der Waals surface area contributed by atoms with Crippen LogP contribution in [0.3, 0.4) is 0 Å². The van der Waals surface area contributed by atoms with Crippen molar-refractivity contribution in [3.05, 3.63) is 23.9 Å². The quantitative estimate of drug-likeness (QED) is 0.863. The number of carboxylic acid groups (broad SMARTS) is 1.